The van der Waals surface area contributed by atoms with Gasteiger partial charge in [0.05, 0.1) is 17.6 Å². The van der Waals surface area contributed by atoms with Gasteiger partial charge in [-0.15, -0.1) is 0 Å². The zero-order valence-corrected chi connectivity index (χ0v) is 7.90. The second-order valence-corrected chi connectivity index (χ2v) is 3.01. The van der Waals surface area contributed by atoms with Crippen LogP contribution in [-0.2, 0) is 0 Å². The summed E-state index contributed by atoms with van der Waals surface area (Å²) in [5.41, 5.74) is -0.0281. The molecule has 1 aromatic rings. The molecule has 0 bridgehead atoms. The van der Waals surface area contributed by atoms with Crippen LogP contribution in [0.5, 0.6) is 0 Å². The molecule has 0 aliphatic carbocycles. The summed E-state index contributed by atoms with van der Waals surface area (Å²) in [5.74, 6) is -1.83. The Kier molecular flexibility index (Phi) is 3.69. The Labute approximate surface area is 86.7 Å². The van der Waals surface area contributed by atoms with Gasteiger partial charge in [0.15, 0.2) is 5.78 Å². The average molecular weight is 204 g/mol. The highest BCUT2D eigenvalue weighted by Crippen LogP contribution is 2.12. The highest BCUT2D eigenvalue weighted by Gasteiger charge is 2.15. The number of nitriles is 1. The summed E-state index contributed by atoms with van der Waals surface area (Å²) in [6.45, 7) is 0. The first kappa shape index (κ1) is 11.1. The monoisotopic (exact) mass is 204 g/mol. The largest absolute Gasteiger partial charge is 0.312 e. The molecule has 76 valence electrons. The lowest BCUT2D eigenvalue weighted by molar-refractivity contribution is 0.0974. The first-order valence-electron chi connectivity index (χ1n) is 4.37. The zero-order valence-electron chi connectivity index (χ0n) is 7.90. The maximum absolute atomic E-state index is 13.1. The number of hydrogen-bond donors (Lipinski definition) is 1. The van der Waals surface area contributed by atoms with Crippen LogP contribution in [0.15, 0.2) is 24.3 Å². The SMILES string of the molecule is N#CC(C=N)CC(=O)c1ccccc1F. The molecule has 0 heterocycles. The van der Waals surface area contributed by atoms with E-state index in [1.54, 1.807) is 12.1 Å². The summed E-state index contributed by atoms with van der Waals surface area (Å²) in [6, 6.07) is 7.40. The molecule has 0 radical (unpaired) electrons. The van der Waals surface area contributed by atoms with Gasteiger partial charge in [0.2, 0.25) is 0 Å². The van der Waals surface area contributed by atoms with Gasteiger partial charge in [0.1, 0.15) is 5.82 Å². The van der Waals surface area contributed by atoms with E-state index in [2.05, 4.69) is 0 Å². The molecule has 1 rings (SSSR count). The summed E-state index contributed by atoms with van der Waals surface area (Å²) >= 11 is 0. The predicted molar refractivity (Wildman–Crippen MR) is 53.2 cm³/mol. The summed E-state index contributed by atoms with van der Waals surface area (Å²) in [7, 11) is 0. The van der Waals surface area contributed by atoms with E-state index >= 15 is 0 Å². The first-order chi connectivity index (χ1) is 7.19. The number of halogens is 1. The Morgan fingerprint density at radius 3 is 2.80 bits per heavy atom. The normalized spacial score (nSPS) is 11.5. The van der Waals surface area contributed by atoms with Crippen molar-refractivity contribution in [2.24, 2.45) is 5.92 Å². The van der Waals surface area contributed by atoms with E-state index in [1.807, 2.05) is 0 Å². The van der Waals surface area contributed by atoms with E-state index in [-0.39, 0.29) is 12.0 Å². The molecule has 0 aliphatic heterocycles. The third kappa shape index (κ3) is 2.71. The van der Waals surface area contributed by atoms with Crippen molar-refractivity contribution in [2.75, 3.05) is 0 Å². The summed E-state index contributed by atoms with van der Waals surface area (Å²) in [4.78, 5) is 11.5. The number of Topliss-reactive ketones (excluding diaryl/α,β-unsaturated/α-hetero) is 1. The third-order valence-electron chi connectivity index (χ3n) is 1.95. The van der Waals surface area contributed by atoms with Crippen LogP contribution in [0.25, 0.3) is 0 Å². The van der Waals surface area contributed by atoms with Crippen molar-refractivity contribution >= 4 is 12.0 Å². The molecule has 1 atom stereocenters. The fourth-order valence-electron chi connectivity index (χ4n) is 1.14. The number of nitrogens with one attached hydrogen (secondary N) is 1. The minimum atomic E-state index is -0.780. The number of benzene rings is 1. The molecule has 0 saturated heterocycles. The van der Waals surface area contributed by atoms with Crippen molar-refractivity contribution < 1.29 is 9.18 Å². The van der Waals surface area contributed by atoms with Crippen molar-refractivity contribution in [2.45, 2.75) is 6.42 Å². The molecule has 0 aromatic heterocycles. The molecule has 1 N–H and O–H groups in total. The van der Waals surface area contributed by atoms with Gasteiger partial charge in [-0.2, -0.15) is 5.26 Å². The predicted octanol–water partition coefficient (Wildman–Crippen LogP) is 2.19. The van der Waals surface area contributed by atoms with Crippen LogP contribution >= 0.6 is 0 Å². The molecule has 0 spiro atoms. The Balaban J connectivity index is 2.83. The van der Waals surface area contributed by atoms with E-state index < -0.39 is 17.5 Å². The number of carbonyl (C=O) groups is 1. The van der Waals surface area contributed by atoms with E-state index in [1.165, 1.54) is 18.2 Å². The van der Waals surface area contributed by atoms with E-state index in [0.717, 1.165) is 6.21 Å². The van der Waals surface area contributed by atoms with Crippen molar-refractivity contribution in [1.82, 2.24) is 0 Å². The number of ketones is 1. The van der Waals surface area contributed by atoms with Gasteiger partial charge in [0.25, 0.3) is 0 Å². The number of hydrogen-bond acceptors (Lipinski definition) is 3. The number of carbonyl (C=O) groups excluding carboxylic acids is 1. The Morgan fingerprint density at radius 1 is 1.60 bits per heavy atom. The fraction of sp³-hybridized carbons (Fsp3) is 0.182. The van der Waals surface area contributed by atoms with Gasteiger partial charge in [-0.1, -0.05) is 12.1 Å². The lowest BCUT2D eigenvalue weighted by Gasteiger charge is -2.03. The molecule has 15 heavy (non-hydrogen) atoms. The average Bonchev–Trinajstić information content (AvgIpc) is 2.26. The lowest BCUT2D eigenvalue weighted by Crippen LogP contribution is -2.09. The van der Waals surface area contributed by atoms with Crippen LogP contribution in [0.4, 0.5) is 4.39 Å². The van der Waals surface area contributed by atoms with E-state index in [0.29, 0.717) is 0 Å². The second-order valence-electron chi connectivity index (χ2n) is 3.01. The van der Waals surface area contributed by atoms with Crippen LogP contribution in [0, 0.1) is 28.5 Å². The highest BCUT2D eigenvalue weighted by atomic mass is 19.1. The standard InChI is InChI=1S/C11H9FN2O/c12-10-4-2-1-3-9(10)11(15)5-8(6-13)7-14/h1-4,6,8,13H,5H2. The van der Waals surface area contributed by atoms with Crippen LogP contribution in [0.3, 0.4) is 0 Å². The van der Waals surface area contributed by atoms with Crippen LogP contribution in [0.1, 0.15) is 16.8 Å². The smallest absolute Gasteiger partial charge is 0.167 e. The molecule has 1 aromatic carbocycles. The van der Waals surface area contributed by atoms with Crippen molar-refractivity contribution in [1.29, 1.82) is 10.7 Å². The lowest BCUT2D eigenvalue weighted by atomic mass is 10.00. The molecular formula is C11H9FN2O. The summed E-state index contributed by atoms with van der Waals surface area (Å²) in [6.07, 6.45) is 0.736. The second kappa shape index (κ2) is 5.01. The molecular weight excluding hydrogens is 195 g/mol. The van der Waals surface area contributed by atoms with E-state index in [4.69, 9.17) is 10.7 Å². The van der Waals surface area contributed by atoms with Crippen molar-refractivity contribution in [3.63, 3.8) is 0 Å². The fourth-order valence-corrected chi connectivity index (χ4v) is 1.14. The topological polar surface area (TPSA) is 64.7 Å². The number of rotatable bonds is 4. The minimum absolute atomic E-state index is 0.0281. The molecule has 0 aliphatic rings. The maximum atomic E-state index is 13.1. The van der Waals surface area contributed by atoms with Crippen molar-refractivity contribution in [3.05, 3.63) is 35.6 Å². The minimum Gasteiger partial charge on any atom is -0.312 e. The van der Waals surface area contributed by atoms with Gasteiger partial charge in [0, 0.05) is 12.6 Å². The zero-order chi connectivity index (χ0) is 11.3. The van der Waals surface area contributed by atoms with Gasteiger partial charge in [-0.3, -0.25) is 4.79 Å². The van der Waals surface area contributed by atoms with Crippen LogP contribution < -0.4 is 0 Å². The summed E-state index contributed by atoms with van der Waals surface area (Å²) in [5, 5.41) is 15.4. The van der Waals surface area contributed by atoms with Crippen LogP contribution in [-0.4, -0.2) is 12.0 Å². The van der Waals surface area contributed by atoms with Gasteiger partial charge < -0.3 is 5.41 Å². The molecule has 0 fully saturated rings. The molecule has 1 unspecified atom stereocenters. The maximum Gasteiger partial charge on any atom is 0.167 e. The van der Waals surface area contributed by atoms with Gasteiger partial charge in [-0.05, 0) is 12.1 Å². The van der Waals surface area contributed by atoms with Crippen molar-refractivity contribution in [3.8, 4) is 6.07 Å². The van der Waals surface area contributed by atoms with Gasteiger partial charge in [-0.25, -0.2) is 4.39 Å². The van der Waals surface area contributed by atoms with Gasteiger partial charge >= 0.3 is 0 Å². The number of nitrogens with zero attached hydrogens (tertiary/aromatic N) is 1. The Hall–Kier alpha value is -2.02. The molecule has 0 saturated carbocycles. The van der Waals surface area contributed by atoms with Crippen LogP contribution in [0.2, 0.25) is 0 Å². The van der Waals surface area contributed by atoms with E-state index in [9.17, 15) is 9.18 Å². The first-order valence-corrected chi connectivity index (χ1v) is 4.37. The molecule has 0 amide bonds. The highest BCUT2D eigenvalue weighted by molar-refractivity contribution is 5.97. The third-order valence-corrected chi connectivity index (χ3v) is 1.95. The molecule has 4 heteroatoms. The Morgan fingerprint density at radius 2 is 2.27 bits per heavy atom. The molecule has 3 nitrogen and oxygen atoms in total. The Bertz CT molecular complexity index is 423. The summed E-state index contributed by atoms with van der Waals surface area (Å²) < 4.78 is 13.1. The quantitative estimate of drug-likeness (QED) is 0.603.